The third-order valence-electron chi connectivity index (χ3n) is 2.06. The Bertz CT molecular complexity index is 488. The zero-order chi connectivity index (χ0) is 11.4. The zero-order valence-electron chi connectivity index (χ0n) is 8.77. The highest BCUT2D eigenvalue weighted by molar-refractivity contribution is 6.30. The van der Waals surface area contributed by atoms with Crippen LogP contribution < -0.4 is 10.1 Å². The van der Waals surface area contributed by atoms with Crippen molar-refractivity contribution < 1.29 is 4.74 Å². The zero-order valence-corrected chi connectivity index (χ0v) is 9.53. The minimum atomic E-state index is 0.688. The summed E-state index contributed by atoms with van der Waals surface area (Å²) in [6.07, 6.45) is 1.69. The Morgan fingerprint density at radius 1 is 1.25 bits per heavy atom. The Labute approximate surface area is 99.0 Å². The molecular weight excluding hydrogens is 224 g/mol. The summed E-state index contributed by atoms with van der Waals surface area (Å²) < 4.78 is 5.11. The van der Waals surface area contributed by atoms with Gasteiger partial charge in [0.05, 0.1) is 7.11 Å². The van der Waals surface area contributed by atoms with Crippen molar-refractivity contribution in [3.8, 4) is 5.75 Å². The van der Waals surface area contributed by atoms with Crippen molar-refractivity contribution in [3.05, 3.63) is 47.6 Å². The molecule has 0 saturated carbocycles. The summed E-state index contributed by atoms with van der Waals surface area (Å²) in [6.45, 7) is 0. The smallest absolute Gasteiger partial charge is 0.133 e. The first kappa shape index (κ1) is 10.8. The Morgan fingerprint density at radius 3 is 2.88 bits per heavy atom. The molecule has 1 aromatic carbocycles. The lowest BCUT2D eigenvalue weighted by molar-refractivity contribution is 0.414. The van der Waals surface area contributed by atoms with Crippen LogP contribution in [0.4, 0.5) is 11.5 Å². The molecule has 1 N–H and O–H groups in total. The van der Waals surface area contributed by atoms with Gasteiger partial charge >= 0.3 is 0 Å². The number of ether oxygens (including phenoxy) is 1. The second-order valence-corrected chi connectivity index (χ2v) is 3.65. The number of nitrogens with one attached hydrogen (secondary N) is 1. The number of halogens is 1. The summed E-state index contributed by atoms with van der Waals surface area (Å²) in [5.74, 6) is 1.49. The molecule has 0 amide bonds. The van der Waals surface area contributed by atoms with Crippen molar-refractivity contribution in [3.63, 3.8) is 0 Å². The number of anilines is 2. The molecule has 0 fully saturated rings. The van der Waals surface area contributed by atoms with Gasteiger partial charge in [-0.3, -0.25) is 0 Å². The first-order chi connectivity index (χ1) is 7.78. The first-order valence-corrected chi connectivity index (χ1v) is 5.18. The molecular formula is C12H11ClN2O. The summed E-state index contributed by atoms with van der Waals surface area (Å²) >= 11 is 5.88. The molecule has 0 radical (unpaired) electrons. The molecule has 2 rings (SSSR count). The van der Waals surface area contributed by atoms with Crippen LogP contribution in [0.1, 0.15) is 0 Å². The Hall–Kier alpha value is -1.74. The fraction of sp³-hybridized carbons (Fsp3) is 0.0833. The number of pyridine rings is 1. The number of rotatable bonds is 3. The van der Waals surface area contributed by atoms with Gasteiger partial charge in [-0.15, -0.1) is 0 Å². The van der Waals surface area contributed by atoms with Crippen LogP contribution in [0.3, 0.4) is 0 Å². The van der Waals surface area contributed by atoms with Gasteiger partial charge in [0.15, 0.2) is 0 Å². The van der Waals surface area contributed by atoms with E-state index in [1.165, 1.54) is 0 Å². The third kappa shape index (κ3) is 2.64. The van der Waals surface area contributed by atoms with Crippen molar-refractivity contribution in [2.24, 2.45) is 0 Å². The van der Waals surface area contributed by atoms with Crippen molar-refractivity contribution >= 4 is 23.1 Å². The van der Waals surface area contributed by atoms with Gasteiger partial charge in [0.1, 0.15) is 11.6 Å². The van der Waals surface area contributed by atoms with E-state index in [9.17, 15) is 0 Å². The standard InChI is InChI=1S/C12H11ClN2O/c1-16-11-5-6-14-12(8-11)15-10-4-2-3-9(13)7-10/h2-8H,1H3,(H,14,15). The second-order valence-electron chi connectivity index (χ2n) is 3.22. The van der Waals surface area contributed by atoms with Crippen LogP contribution in [0.25, 0.3) is 0 Å². The van der Waals surface area contributed by atoms with Crippen molar-refractivity contribution in [1.29, 1.82) is 0 Å². The van der Waals surface area contributed by atoms with Gasteiger partial charge in [0, 0.05) is 23.0 Å². The molecule has 0 bridgehead atoms. The number of methoxy groups -OCH3 is 1. The fourth-order valence-corrected chi connectivity index (χ4v) is 1.51. The highest BCUT2D eigenvalue weighted by atomic mass is 35.5. The molecule has 1 heterocycles. The van der Waals surface area contributed by atoms with Gasteiger partial charge in [-0.25, -0.2) is 4.98 Å². The van der Waals surface area contributed by atoms with Crippen LogP contribution in [-0.2, 0) is 0 Å². The maximum Gasteiger partial charge on any atom is 0.133 e. The largest absolute Gasteiger partial charge is 0.497 e. The van der Waals surface area contributed by atoms with Gasteiger partial charge in [0.25, 0.3) is 0 Å². The minimum Gasteiger partial charge on any atom is -0.497 e. The summed E-state index contributed by atoms with van der Waals surface area (Å²) in [7, 11) is 1.62. The summed E-state index contributed by atoms with van der Waals surface area (Å²) in [5.41, 5.74) is 0.897. The number of benzene rings is 1. The Balaban J connectivity index is 2.20. The Morgan fingerprint density at radius 2 is 2.12 bits per heavy atom. The molecule has 0 aliphatic rings. The van der Waals surface area contributed by atoms with E-state index in [-0.39, 0.29) is 0 Å². The van der Waals surface area contributed by atoms with Gasteiger partial charge in [-0.05, 0) is 24.3 Å². The molecule has 0 saturated heterocycles. The maximum absolute atomic E-state index is 5.88. The van der Waals surface area contributed by atoms with Crippen LogP contribution in [0.5, 0.6) is 5.75 Å². The number of aromatic nitrogens is 1. The lowest BCUT2D eigenvalue weighted by Crippen LogP contribution is -1.93. The molecule has 82 valence electrons. The molecule has 0 atom stereocenters. The van der Waals surface area contributed by atoms with Crippen LogP contribution in [0, 0.1) is 0 Å². The minimum absolute atomic E-state index is 0.688. The fourth-order valence-electron chi connectivity index (χ4n) is 1.32. The van der Waals surface area contributed by atoms with E-state index in [0.29, 0.717) is 5.02 Å². The predicted octanol–water partition coefficient (Wildman–Crippen LogP) is 3.49. The van der Waals surface area contributed by atoms with E-state index < -0.39 is 0 Å². The Kier molecular flexibility index (Phi) is 3.27. The summed E-state index contributed by atoms with van der Waals surface area (Å²) in [5, 5.41) is 3.83. The van der Waals surface area contributed by atoms with Crippen LogP contribution >= 0.6 is 11.6 Å². The number of hydrogen-bond acceptors (Lipinski definition) is 3. The first-order valence-electron chi connectivity index (χ1n) is 4.80. The maximum atomic E-state index is 5.88. The number of nitrogens with zero attached hydrogens (tertiary/aromatic N) is 1. The molecule has 16 heavy (non-hydrogen) atoms. The van der Waals surface area contributed by atoms with Gasteiger partial charge in [-0.1, -0.05) is 17.7 Å². The molecule has 0 unspecified atom stereocenters. The van der Waals surface area contributed by atoms with E-state index in [4.69, 9.17) is 16.3 Å². The SMILES string of the molecule is COc1ccnc(Nc2cccc(Cl)c2)c1. The van der Waals surface area contributed by atoms with Crippen LogP contribution in [0.15, 0.2) is 42.6 Å². The summed E-state index contributed by atoms with van der Waals surface area (Å²) in [6, 6.07) is 11.1. The van der Waals surface area contributed by atoms with E-state index in [1.54, 1.807) is 19.4 Å². The molecule has 3 nitrogen and oxygen atoms in total. The van der Waals surface area contributed by atoms with Gasteiger partial charge in [0.2, 0.25) is 0 Å². The molecule has 2 aromatic rings. The average Bonchev–Trinajstić information content (AvgIpc) is 2.29. The van der Waals surface area contributed by atoms with E-state index in [1.807, 2.05) is 30.3 Å². The van der Waals surface area contributed by atoms with Crippen LogP contribution in [-0.4, -0.2) is 12.1 Å². The van der Waals surface area contributed by atoms with Crippen molar-refractivity contribution in [2.45, 2.75) is 0 Å². The van der Waals surface area contributed by atoms with Gasteiger partial charge in [-0.2, -0.15) is 0 Å². The molecule has 0 spiro atoms. The quantitative estimate of drug-likeness (QED) is 0.883. The normalized spacial score (nSPS) is 9.88. The average molecular weight is 235 g/mol. The molecule has 4 heteroatoms. The molecule has 1 aromatic heterocycles. The monoisotopic (exact) mass is 234 g/mol. The highest BCUT2D eigenvalue weighted by Gasteiger charge is 1.98. The van der Waals surface area contributed by atoms with E-state index in [0.717, 1.165) is 17.3 Å². The summed E-state index contributed by atoms with van der Waals surface area (Å²) in [4.78, 5) is 4.18. The van der Waals surface area contributed by atoms with E-state index >= 15 is 0 Å². The third-order valence-corrected chi connectivity index (χ3v) is 2.30. The predicted molar refractivity (Wildman–Crippen MR) is 65.5 cm³/mol. The van der Waals surface area contributed by atoms with Gasteiger partial charge < -0.3 is 10.1 Å². The second kappa shape index (κ2) is 4.86. The molecule has 0 aliphatic heterocycles. The molecule has 0 aliphatic carbocycles. The highest BCUT2D eigenvalue weighted by Crippen LogP contribution is 2.21. The topological polar surface area (TPSA) is 34.1 Å². The van der Waals surface area contributed by atoms with Crippen LogP contribution in [0.2, 0.25) is 5.02 Å². The number of hydrogen-bond donors (Lipinski definition) is 1. The van der Waals surface area contributed by atoms with E-state index in [2.05, 4.69) is 10.3 Å². The lowest BCUT2D eigenvalue weighted by Gasteiger charge is -2.06. The van der Waals surface area contributed by atoms with Crippen molar-refractivity contribution in [1.82, 2.24) is 4.98 Å². The lowest BCUT2D eigenvalue weighted by atomic mass is 10.3. The van der Waals surface area contributed by atoms with Crippen molar-refractivity contribution in [2.75, 3.05) is 12.4 Å².